The molecule has 5 N–H and O–H groups in total. The van der Waals surface area contributed by atoms with Crippen molar-refractivity contribution in [2.45, 2.75) is 31.2 Å². The molecule has 0 bridgehead atoms. The van der Waals surface area contributed by atoms with Crippen molar-refractivity contribution in [3.63, 3.8) is 0 Å². The first-order valence-electron chi connectivity index (χ1n) is 6.64. The highest BCUT2D eigenvalue weighted by molar-refractivity contribution is 7.51. The van der Waals surface area contributed by atoms with Crippen molar-refractivity contribution in [2.75, 3.05) is 6.16 Å². The van der Waals surface area contributed by atoms with E-state index in [-0.39, 0.29) is 0 Å². The van der Waals surface area contributed by atoms with Crippen LogP contribution in [0.25, 0.3) is 0 Å². The van der Waals surface area contributed by atoms with Crippen LogP contribution in [0.2, 0.25) is 5.02 Å². The van der Waals surface area contributed by atoms with Crippen LogP contribution in [0.5, 0.6) is 0 Å². The Labute approximate surface area is 138 Å². The summed E-state index contributed by atoms with van der Waals surface area (Å²) < 4.78 is 11.5. The van der Waals surface area contributed by atoms with Crippen LogP contribution in [0.4, 0.5) is 0 Å². The summed E-state index contributed by atoms with van der Waals surface area (Å²) in [5, 5.41) is 9.34. The number of ketones is 1. The Morgan fingerprint density at radius 1 is 1.30 bits per heavy atom. The molecule has 0 aliphatic rings. The number of carboxylic acids is 1. The summed E-state index contributed by atoms with van der Waals surface area (Å²) in [7, 11) is -4.56. The Bertz CT molecular complexity index is 671. The zero-order valence-corrected chi connectivity index (χ0v) is 14.3. The van der Waals surface area contributed by atoms with Gasteiger partial charge in [-0.3, -0.25) is 14.2 Å². The van der Waals surface area contributed by atoms with Gasteiger partial charge in [0.05, 0.1) is 11.6 Å². The third-order valence-electron chi connectivity index (χ3n) is 3.62. The number of halogens is 1. The molecule has 1 rings (SSSR count). The quantitative estimate of drug-likeness (QED) is 0.539. The molecule has 0 aromatic heterocycles. The predicted octanol–water partition coefficient (Wildman–Crippen LogP) is 1.54. The SMILES string of the molecule is CC(N)(CC(=O)C(C)(CP(=O)(O)O)c1cccc(Cl)c1)C(=O)O. The summed E-state index contributed by atoms with van der Waals surface area (Å²) in [6, 6.07) is 6.03. The molecule has 0 saturated heterocycles. The van der Waals surface area contributed by atoms with Crippen LogP contribution in [-0.4, -0.2) is 38.3 Å². The molecule has 0 saturated carbocycles. The van der Waals surface area contributed by atoms with Gasteiger partial charge in [0.15, 0.2) is 0 Å². The lowest BCUT2D eigenvalue weighted by molar-refractivity contribution is -0.145. The lowest BCUT2D eigenvalue weighted by Crippen LogP contribution is -2.50. The Morgan fingerprint density at radius 2 is 1.87 bits per heavy atom. The Balaban J connectivity index is 3.33. The molecule has 1 aromatic carbocycles. The van der Waals surface area contributed by atoms with Crippen molar-refractivity contribution in [1.82, 2.24) is 0 Å². The first kappa shape index (κ1) is 19.8. The first-order valence-corrected chi connectivity index (χ1v) is 8.82. The summed E-state index contributed by atoms with van der Waals surface area (Å²) >= 11 is 5.89. The summed E-state index contributed by atoms with van der Waals surface area (Å²) in [4.78, 5) is 42.4. The van der Waals surface area contributed by atoms with Crippen LogP contribution in [0.1, 0.15) is 25.8 Å². The second-order valence-corrected chi connectivity index (χ2v) is 8.07. The van der Waals surface area contributed by atoms with E-state index in [9.17, 15) is 23.9 Å². The Kier molecular flexibility index (Phi) is 5.78. The molecule has 2 unspecified atom stereocenters. The molecule has 0 radical (unpaired) electrons. The fourth-order valence-electron chi connectivity index (χ4n) is 2.19. The van der Waals surface area contributed by atoms with Gasteiger partial charge in [-0.15, -0.1) is 0 Å². The highest BCUT2D eigenvalue weighted by Crippen LogP contribution is 2.44. The molecule has 7 nitrogen and oxygen atoms in total. The second-order valence-electron chi connectivity index (χ2n) is 5.99. The molecule has 0 aliphatic carbocycles. The summed E-state index contributed by atoms with van der Waals surface area (Å²) in [6.07, 6.45) is -1.35. The number of hydrogen-bond donors (Lipinski definition) is 4. The highest BCUT2D eigenvalue weighted by atomic mass is 35.5. The molecule has 9 heteroatoms. The Hall–Kier alpha value is -1.24. The van der Waals surface area contributed by atoms with Crippen LogP contribution >= 0.6 is 19.2 Å². The molecular formula is C14H19ClNO6P. The van der Waals surface area contributed by atoms with Gasteiger partial charge >= 0.3 is 13.6 Å². The van der Waals surface area contributed by atoms with Crippen molar-refractivity contribution in [2.24, 2.45) is 5.73 Å². The molecule has 0 fully saturated rings. The molecule has 0 heterocycles. The lowest BCUT2D eigenvalue weighted by atomic mass is 9.76. The van der Waals surface area contributed by atoms with Crippen molar-refractivity contribution >= 4 is 30.9 Å². The number of carbonyl (C=O) groups excluding carboxylic acids is 1. The van der Waals surface area contributed by atoms with Crippen molar-refractivity contribution < 1.29 is 29.0 Å². The normalized spacial score (nSPS) is 17.1. The zero-order chi connectivity index (χ0) is 18.1. The zero-order valence-electron chi connectivity index (χ0n) is 12.7. The number of carbonyl (C=O) groups is 2. The first-order chi connectivity index (χ1) is 10.3. The van der Waals surface area contributed by atoms with Gasteiger partial charge in [-0.2, -0.15) is 0 Å². The molecule has 128 valence electrons. The van der Waals surface area contributed by atoms with E-state index in [1.807, 2.05) is 0 Å². The maximum Gasteiger partial charge on any atom is 0.326 e. The minimum atomic E-state index is -4.56. The van der Waals surface area contributed by atoms with Crippen LogP contribution in [0.3, 0.4) is 0 Å². The van der Waals surface area contributed by atoms with Crippen molar-refractivity contribution in [3.8, 4) is 0 Å². The van der Waals surface area contributed by atoms with E-state index in [4.69, 9.17) is 22.4 Å². The van der Waals surface area contributed by atoms with E-state index < -0.39 is 42.9 Å². The van der Waals surface area contributed by atoms with Crippen molar-refractivity contribution in [3.05, 3.63) is 34.9 Å². The lowest BCUT2D eigenvalue weighted by Gasteiger charge is -2.31. The average Bonchev–Trinajstić information content (AvgIpc) is 2.35. The van der Waals surface area contributed by atoms with E-state index >= 15 is 0 Å². The van der Waals surface area contributed by atoms with E-state index in [1.54, 1.807) is 12.1 Å². The molecule has 2 atom stereocenters. The molecule has 0 amide bonds. The summed E-state index contributed by atoms with van der Waals surface area (Å²) in [6.45, 7) is 2.52. The number of Topliss-reactive ketones (excluding diaryl/α,β-unsaturated/α-hetero) is 1. The maximum absolute atomic E-state index is 12.6. The van der Waals surface area contributed by atoms with Gasteiger partial charge in [0.2, 0.25) is 0 Å². The topological polar surface area (TPSA) is 138 Å². The number of carboxylic acid groups (broad SMARTS) is 1. The van der Waals surface area contributed by atoms with Gasteiger partial charge < -0.3 is 20.6 Å². The van der Waals surface area contributed by atoms with Crippen LogP contribution in [0.15, 0.2) is 24.3 Å². The molecule has 0 spiro atoms. The van der Waals surface area contributed by atoms with Crippen molar-refractivity contribution in [1.29, 1.82) is 0 Å². The van der Waals surface area contributed by atoms with Gasteiger partial charge in [-0.25, -0.2) is 0 Å². The van der Waals surface area contributed by atoms with E-state index in [0.717, 1.165) is 0 Å². The molecule has 23 heavy (non-hydrogen) atoms. The smallest absolute Gasteiger partial charge is 0.326 e. The standard InChI is InChI=1S/C14H19ClNO6P/c1-13(8-23(20,21)22,9-4-3-5-10(15)6-9)11(17)7-14(2,16)12(18)19/h3-6H,7-8,16H2,1-2H3,(H,18,19)(H2,20,21,22). The maximum atomic E-state index is 12.6. The fourth-order valence-corrected chi connectivity index (χ4v) is 3.56. The monoisotopic (exact) mass is 363 g/mol. The van der Waals surface area contributed by atoms with E-state index in [2.05, 4.69) is 0 Å². The molecule has 0 aliphatic heterocycles. The van der Waals surface area contributed by atoms with Gasteiger partial charge in [-0.05, 0) is 31.5 Å². The molecule has 1 aromatic rings. The highest BCUT2D eigenvalue weighted by Gasteiger charge is 2.44. The van der Waals surface area contributed by atoms with Crippen LogP contribution in [0, 0.1) is 0 Å². The van der Waals surface area contributed by atoms with Gasteiger partial charge in [-0.1, -0.05) is 23.7 Å². The van der Waals surface area contributed by atoms with Crippen LogP contribution in [-0.2, 0) is 19.6 Å². The number of aliphatic carboxylic acids is 1. The number of rotatable bonds is 7. The third kappa shape index (κ3) is 5.12. The van der Waals surface area contributed by atoms with E-state index in [1.165, 1.54) is 26.0 Å². The van der Waals surface area contributed by atoms with E-state index in [0.29, 0.717) is 10.6 Å². The largest absolute Gasteiger partial charge is 0.480 e. The third-order valence-corrected chi connectivity index (χ3v) is 4.90. The van der Waals surface area contributed by atoms with Gasteiger partial charge in [0.1, 0.15) is 11.3 Å². The summed E-state index contributed by atoms with van der Waals surface area (Å²) in [5.74, 6) is -2.06. The molecular weight excluding hydrogens is 345 g/mol. The Morgan fingerprint density at radius 3 is 2.30 bits per heavy atom. The summed E-state index contributed by atoms with van der Waals surface area (Å²) in [5.41, 5.74) is 2.43. The van der Waals surface area contributed by atoms with Gasteiger partial charge in [0, 0.05) is 11.4 Å². The predicted molar refractivity (Wildman–Crippen MR) is 85.6 cm³/mol. The fraction of sp³-hybridized carbons (Fsp3) is 0.429. The van der Waals surface area contributed by atoms with Gasteiger partial charge in [0.25, 0.3) is 0 Å². The minimum absolute atomic E-state index is 0.291. The average molecular weight is 364 g/mol. The number of hydrogen-bond acceptors (Lipinski definition) is 4. The number of benzene rings is 1. The minimum Gasteiger partial charge on any atom is -0.480 e. The van der Waals surface area contributed by atoms with Crippen LogP contribution < -0.4 is 5.73 Å². The number of nitrogens with two attached hydrogens (primary N) is 1. The second kappa shape index (κ2) is 6.71.